The molecule has 9 heteroatoms. The van der Waals surface area contributed by atoms with E-state index in [9.17, 15) is 4.79 Å². The van der Waals surface area contributed by atoms with Crippen molar-refractivity contribution in [1.29, 1.82) is 0 Å². The summed E-state index contributed by atoms with van der Waals surface area (Å²) in [6.07, 6.45) is 1.63. The van der Waals surface area contributed by atoms with E-state index in [4.69, 9.17) is 9.40 Å². The van der Waals surface area contributed by atoms with Gasteiger partial charge in [-0.05, 0) is 50.1 Å². The number of thioether (sulfide) groups is 1. The summed E-state index contributed by atoms with van der Waals surface area (Å²) in [7, 11) is 0. The predicted octanol–water partition coefficient (Wildman–Crippen LogP) is 5.61. The first-order valence-electron chi connectivity index (χ1n) is 9.90. The fourth-order valence-electron chi connectivity index (χ4n) is 3.26. The highest BCUT2D eigenvalue weighted by molar-refractivity contribution is 7.98. The van der Waals surface area contributed by atoms with Crippen LogP contribution in [-0.2, 0) is 17.1 Å². The summed E-state index contributed by atoms with van der Waals surface area (Å²) in [6, 6.07) is 9.68. The van der Waals surface area contributed by atoms with Crippen LogP contribution in [-0.4, -0.2) is 25.7 Å². The normalized spacial score (nSPS) is 11.1. The average Bonchev–Trinajstić information content (AvgIpc) is 3.50. The van der Waals surface area contributed by atoms with Crippen molar-refractivity contribution in [2.45, 2.75) is 45.1 Å². The van der Waals surface area contributed by atoms with E-state index < -0.39 is 0 Å². The van der Waals surface area contributed by atoms with Gasteiger partial charge in [-0.2, -0.15) is 0 Å². The van der Waals surface area contributed by atoms with Crippen LogP contribution in [0.2, 0.25) is 0 Å². The summed E-state index contributed by atoms with van der Waals surface area (Å²) < 4.78 is 7.49. The Morgan fingerprint density at radius 1 is 1.23 bits per heavy atom. The lowest BCUT2D eigenvalue weighted by Crippen LogP contribution is -2.23. The van der Waals surface area contributed by atoms with Gasteiger partial charge in [0.15, 0.2) is 21.9 Å². The minimum Gasteiger partial charge on any atom is -0.461 e. The molecule has 160 valence electrons. The van der Waals surface area contributed by atoms with Crippen molar-refractivity contribution < 1.29 is 9.21 Å². The second-order valence-electron chi connectivity index (χ2n) is 7.01. The van der Waals surface area contributed by atoms with Crippen LogP contribution in [0.5, 0.6) is 0 Å². The van der Waals surface area contributed by atoms with Crippen LogP contribution in [0.3, 0.4) is 0 Å². The van der Waals surface area contributed by atoms with E-state index in [2.05, 4.69) is 17.1 Å². The molecule has 0 N–H and O–H groups in total. The molecule has 1 amide bonds. The Morgan fingerprint density at radius 3 is 2.77 bits per heavy atom. The number of nitrogens with zero attached hydrogens (tertiary/aromatic N) is 5. The van der Waals surface area contributed by atoms with E-state index in [1.807, 2.05) is 54.1 Å². The third-order valence-corrected chi connectivity index (χ3v) is 6.86. The van der Waals surface area contributed by atoms with Crippen LogP contribution in [0.1, 0.15) is 30.7 Å². The van der Waals surface area contributed by atoms with Crippen LogP contribution in [0, 0.1) is 13.8 Å². The van der Waals surface area contributed by atoms with E-state index in [0.29, 0.717) is 22.5 Å². The molecule has 0 radical (unpaired) electrons. The molecular weight excluding hydrogens is 430 g/mol. The summed E-state index contributed by atoms with van der Waals surface area (Å²) in [5.41, 5.74) is 3.98. The molecule has 0 saturated heterocycles. The Kier molecular flexibility index (Phi) is 6.24. The Morgan fingerprint density at radius 2 is 2.06 bits per heavy atom. The molecule has 0 aliphatic rings. The quantitative estimate of drug-likeness (QED) is 0.339. The standard InChI is InChI=1S/C22H23N5O2S2/c1-5-26-20(19-10-7-11-29-19)24-25-22(26)31-13-17-12-30-21(23-17)27(16(4)28)18-9-6-8-14(2)15(18)3/h6-12H,5,13H2,1-4H3. The topological polar surface area (TPSA) is 77.1 Å². The largest absolute Gasteiger partial charge is 0.461 e. The molecule has 3 aromatic heterocycles. The number of carbonyl (C=O) groups is 1. The summed E-state index contributed by atoms with van der Waals surface area (Å²) in [5.74, 6) is 1.98. The molecule has 0 saturated carbocycles. The first kappa shape index (κ1) is 21.3. The molecule has 0 unspecified atom stereocenters. The molecule has 0 aliphatic carbocycles. The summed E-state index contributed by atoms with van der Waals surface area (Å²) in [6.45, 7) is 8.42. The van der Waals surface area contributed by atoms with Crippen molar-refractivity contribution >= 4 is 39.8 Å². The Bertz CT molecular complexity index is 1200. The van der Waals surface area contributed by atoms with Crippen molar-refractivity contribution in [3.8, 4) is 11.6 Å². The lowest BCUT2D eigenvalue weighted by Gasteiger charge is -2.21. The molecule has 0 bridgehead atoms. The van der Waals surface area contributed by atoms with Gasteiger partial charge in [-0.3, -0.25) is 14.3 Å². The zero-order valence-electron chi connectivity index (χ0n) is 17.8. The van der Waals surface area contributed by atoms with E-state index in [0.717, 1.165) is 34.2 Å². The van der Waals surface area contributed by atoms with Crippen LogP contribution >= 0.6 is 23.1 Å². The lowest BCUT2D eigenvalue weighted by molar-refractivity contribution is -0.115. The van der Waals surface area contributed by atoms with Crippen molar-refractivity contribution in [2.75, 3.05) is 4.90 Å². The number of hydrogen-bond donors (Lipinski definition) is 0. The van der Waals surface area contributed by atoms with Gasteiger partial charge < -0.3 is 4.42 Å². The maximum Gasteiger partial charge on any atom is 0.230 e. The third-order valence-electron chi connectivity index (χ3n) is 4.99. The number of benzene rings is 1. The molecule has 0 spiro atoms. The number of carbonyl (C=O) groups excluding carboxylic acids is 1. The zero-order chi connectivity index (χ0) is 22.0. The molecule has 4 aromatic rings. The highest BCUT2D eigenvalue weighted by Gasteiger charge is 2.21. The van der Waals surface area contributed by atoms with Crippen molar-refractivity contribution in [3.05, 3.63) is 58.8 Å². The predicted molar refractivity (Wildman–Crippen MR) is 124 cm³/mol. The average molecular weight is 454 g/mol. The Balaban J connectivity index is 1.54. The Hall–Kier alpha value is -2.91. The minimum absolute atomic E-state index is 0.0592. The maximum atomic E-state index is 12.5. The van der Waals surface area contributed by atoms with E-state index in [-0.39, 0.29) is 5.91 Å². The highest BCUT2D eigenvalue weighted by Crippen LogP contribution is 2.34. The van der Waals surface area contributed by atoms with Gasteiger partial charge in [0.1, 0.15) is 0 Å². The third kappa shape index (κ3) is 4.28. The monoisotopic (exact) mass is 453 g/mol. The minimum atomic E-state index is -0.0592. The number of thiazole rings is 1. The second-order valence-corrected chi connectivity index (χ2v) is 8.79. The van der Waals surface area contributed by atoms with Gasteiger partial charge in [0, 0.05) is 24.6 Å². The molecule has 0 atom stereocenters. The van der Waals surface area contributed by atoms with E-state index >= 15 is 0 Å². The number of rotatable bonds is 7. The highest BCUT2D eigenvalue weighted by atomic mass is 32.2. The number of amides is 1. The van der Waals surface area contributed by atoms with Crippen LogP contribution in [0.4, 0.5) is 10.8 Å². The number of aryl methyl sites for hydroxylation is 1. The zero-order valence-corrected chi connectivity index (χ0v) is 19.5. The summed E-state index contributed by atoms with van der Waals surface area (Å²) in [4.78, 5) is 18.9. The van der Waals surface area contributed by atoms with Gasteiger partial charge in [-0.1, -0.05) is 23.9 Å². The van der Waals surface area contributed by atoms with Crippen LogP contribution in [0.15, 0.2) is 51.5 Å². The van der Waals surface area contributed by atoms with Gasteiger partial charge in [0.05, 0.1) is 17.6 Å². The molecule has 3 heterocycles. The fraction of sp³-hybridized carbons (Fsp3) is 0.273. The first-order chi connectivity index (χ1) is 15.0. The lowest BCUT2D eigenvalue weighted by atomic mass is 10.1. The fourth-order valence-corrected chi connectivity index (χ4v) is 5.14. The molecular formula is C22H23N5O2S2. The number of furan rings is 1. The molecule has 4 rings (SSSR count). The summed E-state index contributed by atoms with van der Waals surface area (Å²) in [5, 5.41) is 12.1. The van der Waals surface area contributed by atoms with Gasteiger partial charge in [0.2, 0.25) is 5.91 Å². The van der Waals surface area contributed by atoms with Gasteiger partial charge >= 0.3 is 0 Å². The van der Waals surface area contributed by atoms with Gasteiger partial charge in [-0.15, -0.1) is 21.5 Å². The Labute approximate surface area is 189 Å². The van der Waals surface area contributed by atoms with E-state index in [1.54, 1.807) is 29.8 Å². The maximum absolute atomic E-state index is 12.5. The SMILES string of the molecule is CCn1c(SCc2csc(N(C(C)=O)c3cccc(C)c3C)n2)nnc1-c1ccco1. The molecule has 0 aliphatic heterocycles. The number of hydrogen-bond acceptors (Lipinski definition) is 7. The van der Waals surface area contributed by atoms with Crippen LogP contribution in [0.25, 0.3) is 11.6 Å². The van der Waals surface area contributed by atoms with Crippen LogP contribution < -0.4 is 4.90 Å². The molecule has 7 nitrogen and oxygen atoms in total. The molecule has 0 fully saturated rings. The van der Waals surface area contributed by atoms with Gasteiger partial charge in [-0.25, -0.2) is 4.98 Å². The van der Waals surface area contributed by atoms with Gasteiger partial charge in [0.25, 0.3) is 0 Å². The summed E-state index contributed by atoms with van der Waals surface area (Å²) >= 11 is 3.03. The van der Waals surface area contributed by atoms with Crippen molar-refractivity contribution in [3.63, 3.8) is 0 Å². The second kappa shape index (κ2) is 9.07. The number of aromatic nitrogens is 4. The van der Waals surface area contributed by atoms with E-state index in [1.165, 1.54) is 11.3 Å². The molecule has 31 heavy (non-hydrogen) atoms. The first-order valence-corrected chi connectivity index (χ1v) is 11.8. The molecule has 1 aromatic carbocycles. The van der Waals surface area contributed by atoms with Crippen molar-refractivity contribution in [2.24, 2.45) is 0 Å². The number of anilines is 2. The van der Waals surface area contributed by atoms with Crippen molar-refractivity contribution in [1.82, 2.24) is 19.7 Å². The smallest absolute Gasteiger partial charge is 0.230 e.